The molecule has 3 aromatic carbocycles. The van der Waals surface area contributed by atoms with Crippen LogP contribution in [0.15, 0.2) is 66.9 Å². The van der Waals surface area contributed by atoms with Crippen LogP contribution in [0.4, 0.5) is 5.69 Å². The van der Waals surface area contributed by atoms with Crippen molar-refractivity contribution in [2.24, 2.45) is 0 Å². The summed E-state index contributed by atoms with van der Waals surface area (Å²) in [5.74, 6) is 0.711. The molecular weight excluding hydrogens is 550 g/mol. The fraction of sp³-hybridized carbons (Fsp3) is 0.273. The fourth-order valence-electron chi connectivity index (χ4n) is 5.43. The first-order valence-electron chi connectivity index (χ1n) is 13.9. The second-order valence-electron chi connectivity index (χ2n) is 10.2. The molecule has 4 aromatic rings. The van der Waals surface area contributed by atoms with Crippen molar-refractivity contribution in [1.29, 1.82) is 0 Å². The number of carbonyl (C=O) groups is 2. The number of β-amino-alcohol motifs (C(OH)–C–C–N with tert-alkyl or cyclic N) is 1. The molecule has 0 aliphatic carbocycles. The molecule has 43 heavy (non-hydrogen) atoms. The molecule has 2 atom stereocenters. The molecular formula is C33H35N3O7. The average molecular weight is 586 g/mol. The Bertz CT molecular complexity index is 1640. The standard InChI is InChI=1S/C33H35N3O7/c1-40-29-14-20(15-30(41-2)31(29)42-3)13-25-24-10-6-8-12-28(24)36(32(25)38)19-22(37)18-35-27(33(39)43-4)16-21-17-34-26-11-7-5-9-23(21)26/h5-15,17,22,27,34-35,37H,16,18-19H2,1-4H3/b25-13-/t22-,27-/m1/s1. The number of benzene rings is 3. The summed E-state index contributed by atoms with van der Waals surface area (Å²) >= 11 is 0. The van der Waals surface area contributed by atoms with Gasteiger partial charge in [-0.3, -0.25) is 9.59 Å². The molecule has 1 aliphatic heterocycles. The Morgan fingerprint density at radius 1 is 1.00 bits per heavy atom. The number of esters is 1. The molecule has 10 heteroatoms. The zero-order chi connectivity index (χ0) is 30.5. The summed E-state index contributed by atoms with van der Waals surface area (Å²) < 4.78 is 21.4. The molecule has 1 amide bonds. The van der Waals surface area contributed by atoms with Gasteiger partial charge >= 0.3 is 5.97 Å². The molecule has 0 unspecified atom stereocenters. The van der Waals surface area contributed by atoms with Gasteiger partial charge in [-0.25, -0.2) is 0 Å². The van der Waals surface area contributed by atoms with Crippen molar-refractivity contribution in [2.45, 2.75) is 18.6 Å². The third-order valence-electron chi connectivity index (χ3n) is 7.54. The first-order valence-corrected chi connectivity index (χ1v) is 13.9. The number of aromatic nitrogens is 1. The maximum absolute atomic E-state index is 13.7. The molecule has 3 N–H and O–H groups in total. The number of H-pyrrole nitrogens is 1. The minimum absolute atomic E-state index is 0.0242. The van der Waals surface area contributed by atoms with E-state index in [4.69, 9.17) is 18.9 Å². The minimum Gasteiger partial charge on any atom is -0.493 e. The molecule has 0 fully saturated rings. The summed E-state index contributed by atoms with van der Waals surface area (Å²) in [7, 11) is 5.94. The van der Waals surface area contributed by atoms with Gasteiger partial charge in [0.05, 0.1) is 46.8 Å². The summed E-state index contributed by atoms with van der Waals surface area (Å²) in [4.78, 5) is 31.1. The van der Waals surface area contributed by atoms with Gasteiger partial charge in [-0.1, -0.05) is 36.4 Å². The number of nitrogens with one attached hydrogen (secondary N) is 2. The van der Waals surface area contributed by atoms with Crippen molar-refractivity contribution in [1.82, 2.24) is 10.3 Å². The lowest BCUT2D eigenvalue weighted by Gasteiger charge is -2.23. The topological polar surface area (TPSA) is 122 Å². The number of anilines is 1. The van der Waals surface area contributed by atoms with Crippen LogP contribution in [-0.2, 0) is 20.7 Å². The lowest BCUT2D eigenvalue weighted by molar-refractivity contribution is -0.143. The third kappa shape index (κ3) is 6.06. The highest BCUT2D eigenvalue weighted by Crippen LogP contribution is 2.41. The highest BCUT2D eigenvalue weighted by Gasteiger charge is 2.34. The van der Waals surface area contributed by atoms with Crippen molar-refractivity contribution in [3.05, 3.63) is 83.6 Å². The van der Waals surface area contributed by atoms with E-state index in [9.17, 15) is 14.7 Å². The number of aromatic amines is 1. The number of nitrogens with zero attached hydrogens (tertiary/aromatic N) is 1. The maximum Gasteiger partial charge on any atom is 0.323 e. The molecule has 1 aliphatic rings. The van der Waals surface area contributed by atoms with Gasteiger partial charge < -0.3 is 39.3 Å². The van der Waals surface area contributed by atoms with Gasteiger partial charge in [0.1, 0.15) is 6.04 Å². The average Bonchev–Trinajstić information content (AvgIpc) is 3.56. The van der Waals surface area contributed by atoms with E-state index in [0.717, 1.165) is 22.0 Å². The largest absolute Gasteiger partial charge is 0.493 e. The van der Waals surface area contributed by atoms with Crippen LogP contribution in [0.5, 0.6) is 17.2 Å². The molecule has 0 radical (unpaired) electrons. The van der Waals surface area contributed by atoms with Crippen LogP contribution in [-0.4, -0.2) is 75.6 Å². The normalized spacial score (nSPS) is 15.0. The van der Waals surface area contributed by atoms with Crippen LogP contribution < -0.4 is 24.4 Å². The number of amides is 1. The fourth-order valence-corrected chi connectivity index (χ4v) is 5.43. The SMILES string of the molecule is COC(=O)[C@@H](Cc1c[nH]c2ccccc12)NC[C@@H](O)CN1C(=O)/C(=C\c2cc(OC)c(OC)c(OC)c2)c2ccccc21. The Morgan fingerprint density at radius 2 is 1.70 bits per heavy atom. The number of aliphatic hydroxyl groups is 1. The summed E-state index contributed by atoms with van der Waals surface area (Å²) in [5.41, 5.74) is 4.52. The summed E-state index contributed by atoms with van der Waals surface area (Å²) in [6.07, 6.45) is 3.05. The van der Waals surface area contributed by atoms with E-state index in [2.05, 4.69) is 10.3 Å². The van der Waals surface area contributed by atoms with Gasteiger partial charge in [0, 0.05) is 41.2 Å². The summed E-state index contributed by atoms with van der Waals surface area (Å²) in [5, 5.41) is 15.2. The molecule has 0 saturated heterocycles. The Labute approximate surface area is 249 Å². The Kier molecular flexibility index (Phi) is 8.98. The first-order chi connectivity index (χ1) is 20.9. The predicted molar refractivity (Wildman–Crippen MR) is 165 cm³/mol. The van der Waals surface area contributed by atoms with Crippen molar-refractivity contribution >= 4 is 40.1 Å². The van der Waals surface area contributed by atoms with Gasteiger partial charge in [0.25, 0.3) is 5.91 Å². The Hall–Kier alpha value is -4.80. The number of carbonyl (C=O) groups excluding carboxylic acids is 2. The van der Waals surface area contributed by atoms with E-state index in [1.54, 1.807) is 23.1 Å². The van der Waals surface area contributed by atoms with E-state index in [0.29, 0.717) is 40.5 Å². The molecule has 0 saturated carbocycles. The summed E-state index contributed by atoms with van der Waals surface area (Å²) in [6, 6.07) is 18.1. The predicted octanol–water partition coefficient (Wildman–Crippen LogP) is 3.82. The highest BCUT2D eigenvalue weighted by atomic mass is 16.5. The van der Waals surface area contributed by atoms with Gasteiger partial charge in [0.2, 0.25) is 5.75 Å². The van der Waals surface area contributed by atoms with E-state index < -0.39 is 18.1 Å². The molecule has 10 nitrogen and oxygen atoms in total. The van der Waals surface area contributed by atoms with Crippen LogP contribution in [0.1, 0.15) is 16.7 Å². The van der Waals surface area contributed by atoms with E-state index in [1.807, 2.05) is 54.7 Å². The first kappa shape index (κ1) is 29.7. The van der Waals surface area contributed by atoms with E-state index in [1.165, 1.54) is 28.4 Å². The van der Waals surface area contributed by atoms with Crippen LogP contribution in [0.25, 0.3) is 22.6 Å². The van der Waals surface area contributed by atoms with Crippen molar-refractivity contribution < 1.29 is 33.6 Å². The number of rotatable bonds is 12. The number of methoxy groups -OCH3 is 4. The van der Waals surface area contributed by atoms with Crippen LogP contribution in [0.3, 0.4) is 0 Å². The monoisotopic (exact) mass is 585 g/mol. The van der Waals surface area contributed by atoms with Gasteiger partial charge in [-0.05, 0) is 41.5 Å². The smallest absolute Gasteiger partial charge is 0.323 e. The lowest BCUT2D eigenvalue weighted by Crippen LogP contribution is -2.46. The van der Waals surface area contributed by atoms with Crippen LogP contribution >= 0.6 is 0 Å². The maximum atomic E-state index is 13.7. The molecule has 5 rings (SSSR count). The highest BCUT2D eigenvalue weighted by molar-refractivity contribution is 6.35. The van der Waals surface area contributed by atoms with E-state index in [-0.39, 0.29) is 19.0 Å². The van der Waals surface area contributed by atoms with Crippen LogP contribution in [0, 0.1) is 0 Å². The Balaban J connectivity index is 1.33. The molecule has 1 aromatic heterocycles. The zero-order valence-electron chi connectivity index (χ0n) is 24.5. The molecule has 0 spiro atoms. The zero-order valence-corrected chi connectivity index (χ0v) is 24.5. The van der Waals surface area contributed by atoms with Gasteiger partial charge in [-0.2, -0.15) is 0 Å². The second kappa shape index (κ2) is 13.0. The lowest BCUT2D eigenvalue weighted by atomic mass is 10.0. The van der Waals surface area contributed by atoms with Crippen molar-refractivity contribution in [3.8, 4) is 17.2 Å². The second-order valence-corrected chi connectivity index (χ2v) is 10.2. The summed E-state index contributed by atoms with van der Waals surface area (Å²) in [6.45, 7) is 0.0937. The minimum atomic E-state index is -0.965. The van der Waals surface area contributed by atoms with Gasteiger partial charge in [-0.15, -0.1) is 0 Å². The third-order valence-corrected chi connectivity index (χ3v) is 7.54. The van der Waals surface area contributed by atoms with E-state index >= 15 is 0 Å². The Morgan fingerprint density at radius 3 is 2.40 bits per heavy atom. The quantitative estimate of drug-likeness (QED) is 0.170. The van der Waals surface area contributed by atoms with Crippen molar-refractivity contribution in [3.63, 3.8) is 0 Å². The number of aliphatic hydroxyl groups excluding tert-OH is 1. The number of fused-ring (bicyclic) bond motifs is 2. The molecule has 2 heterocycles. The molecule has 0 bridgehead atoms. The number of hydrogen-bond acceptors (Lipinski definition) is 8. The number of hydrogen-bond donors (Lipinski definition) is 3. The number of para-hydroxylation sites is 2. The molecule has 224 valence electrons. The van der Waals surface area contributed by atoms with Crippen LogP contribution in [0.2, 0.25) is 0 Å². The van der Waals surface area contributed by atoms with Gasteiger partial charge in [0.15, 0.2) is 11.5 Å². The number of ether oxygens (including phenoxy) is 4. The van der Waals surface area contributed by atoms with Crippen molar-refractivity contribution in [2.75, 3.05) is 46.4 Å².